The number of aromatic nitrogens is 1. The van der Waals surface area contributed by atoms with E-state index in [0.717, 1.165) is 22.6 Å². The SMILES string of the molecule is COc1ccc2c(c1)/C(=C/C(=O)c1ccc(C(=O)Nc3cccc[n+]3[O-])cc1)NC2(C)C. The first-order valence-electron chi connectivity index (χ1n) is 10.1. The van der Waals surface area contributed by atoms with Gasteiger partial charge in [0.2, 0.25) is 0 Å². The van der Waals surface area contributed by atoms with Crippen molar-refractivity contribution in [1.29, 1.82) is 0 Å². The molecule has 0 saturated carbocycles. The van der Waals surface area contributed by atoms with Gasteiger partial charge >= 0.3 is 5.91 Å². The van der Waals surface area contributed by atoms with Crippen LogP contribution < -0.4 is 20.1 Å². The highest BCUT2D eigenvalue weighted by Gasteiger charge is 2.33. The summed E-state index contributed by atoms with van der Waals surface area (Å²) in [6, 6.07) is 16.9. The Morgan fingerprint density at radius 1 is 1.06 bits per heavy atom. The molecule has 0 atom stereocenters. The Morgan fingerprint density at radius 3 is 2.47 bits per heavy atom. The predicted molar refractivity (Wildman–Crippen MR) is 121 cm³/mol. The molecule has 7 nitrogen and oxygen atoms in total. The Labute approximate surface area is 185 Å². The second kappa shape index (κ2) is 8.19. The molecule has 0 spiro atoms. The summed E-state index contributed by atoms with van der Waals surface area (Å²) >= 11 is 0. The van der Waals surface area contributed by atoms with Crippen LogP contribution in [0.15, 0.2) is 72.9 Å². The number of fused-ring (bicyclic) bond motifs is 1. The van der Waals surface area contributed by atoms with Crippen LogP contribution >= 0.6 is 0 Å². The number of pyridine rings is 1. The fourth-order valence-electron chi connectivity index (χ4n) is 3.72. The van der Waals surface area contributed by atoms with Crippen LogP contribution in [0.3, 0.4) is 0 Å². The van der Waals surface area contributed by atoms with Crippen molar-refractivity contribution in [3.05, 3.63) is 100 Å². The quantitative estimate of drug-likeness (QED) is 0.279. The molecule has 32 heavy (non-hydrogen) atoms. The van der Waals surface area contributed by atoms with Gasteiger partial charge in [0.1, 0.15) is 5.75 Å². The Hall–Kier alpha value is -4.13. The van der Waals surface area contributed by atoms with E-state index in [1.165, 1.54) is 12.3 Å². The van der Waals surface area contributed by atoms with Gasteiger partial charge in [0, 0.05) is 29.0 Å². The number of anilines is 1. The number of nitrogens with one attached hydrogen (secondary N) is 2. The van der Waals surface area contributed by atoms with Gasteiger partial charge in [-0.05, 0) is 49.7 Å². The number of ketones is 1. The first kappa shape index (κ1) is 21.1. The van der Waals surface area contributed by atoms with Crippen molar-refractivity contribution in [3.63, 3.8) is 0 Å². The Kier molecular flexibility index (Phi) is 5.40. The van der Waals surface area contributed by atoms with E-state index in [2.05, 4.69) is 24.5 Å². The van der Waals surface area contributed by atoms with Crippen LogP contribution in [0.2, 0.25) is 0 Å². The normalized spacial score (nSPS) is 15.0. The van der Waals surface area contributed by atoms with Gasteiger partial charge in [0.15, 0.2) is 5.78 Å². The minimum atomic E-state index is -0.432. The summed E-state index contributed by atoms with van der Waals surface area (Å²) in [5, 5.41) is 17.7. The third-order valence-corrected chi connectivity index (χ3v) is 5.41. The third-order valence-electron chi connectivity index (χ3n) is 5.41. The van der Waals surface area contributed by atoms with E-state index < -0.39 is 5.91 Å². The van der Waals surface area contributed by atoms with Crippen molar-refractivity contribution < 1.29 is 19.1 Å². The third kappa shape index (κ3) is 4.05. The number of carbonyl (C=O) groups excluding carboxylic acids is 2. The van der Waals surface area contributed by atoms with Crippen molar-refractivity contribution in [2.45, 2.75) is 19.4 Å². The lowest BCUT2D eigenvalue weighted by Crippen LogP contribution is -2.32. The van der Waals surface area contributed by atoms with E-state index in [4.69, 9.17) is 4.74 Å². The largest absolute Gasteiger partial charge is 0.711 e. The van der Waals surface area contributed by atoms with Crippen molar-refractivity contribution in [2.75, 3.05) is 12.4 Å². The zero-order valence-electron chi connectivity index (χ0n) is 18.0. The van der Waals surface area contributed by atoms with Crippen LogP contribution in [0.1, 0.15) is 45.7 Å². The van der Waals surface area contributed by atoms with Gasteiger partial charge in [-0.25, -0.2) is 14.8 Å². The molecule has 0 saturated heterocycles. The van der Waals surface area contributed by atoms with Crippen LogP contribution in [0.25, 0.3) is 5.70 Å². The van der Waals surface area contributed by atoms with Gasteiger partial charge < -0.3 is 15.3 Å². The van der Waals surface area contributed by atoms with E-state index in [9.17, 15) is 14.8 Å². The maximum atomic E-state index is 12.9. The lowest BCUT2D eigenvalue weighted by molar-refractivity contribution is -0.590. The van der Waals surface area contributed by atoms with E-state index in [1.54, 1.807) is 49.6 Å². The lowest BCUT2D eigenvalue weighted by Gasteiger charge is -2.20. The smallest absolute Gasteiger partial charge is 0.339 e. The average molecular weight is 429 g/mol. The highest BCUT2D eigenvalue weighted by Crippen LogP contribution is 2.38. The summed E-state index contributed by atoms with van der Waals surface area (Å²) in [5.74, 6) is 0.228. The Balaban J connectivity index is 1.54. The van der Waals surface area contributed by atoms with Crippen LogP contribution in [-0.2, 0) is 5.54 Å². The molecule has 4 rings (SSSR count). The molecule has 1 aliphatic heterocycles. The number of ether oxygens (including phenoxy) is 1. The molecule has 162 valence electrons. The van der Waals surface area contributed by atoms with Gasteiger partial charge in [0.25, 0.3) is 5.82 Å². The van der Waals surface area contributed by atoms with Crippen LogP contribution in [0.5, 0.6) is 5.75 Å². The zero-order valence-corrected chi connectivity index (χ0v) is 18.0. The van der Waals surface area contributed by atoms with Crippen molar-refractivity contribution in [2.24, 2.45) is 0 Å². The van der Waals surface area contributed by atoms with Gasteiger partial charge in [0.05, 0.1) is 24.4 Å². The van der Waals surface area contributed by atoms with Crippen LogP contribution in [0, 0.1) is 5.21 Å². The molecule has 0 aliphatic carbocycles. The number of amides is 1. The first-order chi connectivity index (χ1) is 15.3. The summed E-state index contributed by atoms with van der Waals surface area (Å²) in [7, 11) is 1.61. The summed E-state index contributed by atoms with van der Waals surface area (Å²) in [4.78, 5) is 25.3. The summed E-state index contributed by atoms with van der Waals surface area (Å²) in [6.45, 7) is 4.10. The molecule has 1 amide bonds. The number of methoxy groups -OCH3 is 1. The first-order valence-corrected chi connectivity index (χ1v) is 10.1. The highest BCUT2D eigenvalue weighted by atomic mass is 16.5. The predicted octanol–water partition coefficient (Wildman–Crippen LogP) is 3.64. The van der Waals surface area contributed by atoms with E-state index in [0.29, 0.717) is 15.9 Å². The molecule has 3 aromatic rings. The van der Waals surface area contributed by atoms with Crippen molar-refractivity contribution in [1.82, 2.24) is 5.32 Å². The topological polar surface area (TPSA) is 94.4 Å². The molecule has 2 heterocycles. The van der Waals surface area contributed by atoms with Gasteiger partial charge in [-0.1, -0.05) is 24.3 Å². The number of allylic oxidation sites excluding steroid dienone is 1. The minimum absolute atomic E-state index is 0.131. The van der Waals surface area contributed by atoms with Gasteiger partial charge in [-0.2, -0.15) is 0 Å². The maximum absolute atomic E-state index is 12.9. The van der Waals surface area contributed by atoms with Gasteiger partial charge in [-0.3, -0.25) is 4.79 Å². The standard InChI is InChI=1S/C25H23N3O4/c1-25(2)20-12-11-18(32-3)14-19(20)21(27-25)15-22(29)16-7-9-17(10-8-16)24(30)26-23-6-4-5-13-28(23)31/h4-15,27H,1-3H3,(H,26,30)/b21-15-. The summed E-state index contributed by atoms with van der Waals surface area (Å²) in [6.07, 6.45) is 2.86. The van der Waals surface area contributed by atoms with Crippen molar-refractivity contribution >= 4 is 23.2 Å². The summed E-state index contributed by atoms with van der Waals surface area (Å²) < 4.78 is 5.91. The number of rotatable bonds is 5. The fourth-order valence-corrected chi connectivity index (χ4v) is 3.72. The fraction of sp³-hybridized carbons (Fsp3) is 0.160. The van der Waals surface area contributed by atoms with E-state index >= 15 is 0 Å². The number of nitrogens with zero attached hydrogens (tertiary/aromatic N) is 1. The number of carbonyl (C=O) groups is 2. The van der Waals surface area contributed by atoms with Crippen LogP contribution in [-0.4, -0.2) is 18.8 Å². The molecule has 1 aliphatic rings. The molecule has 2 N–H and O–H groups in total. The summed E-state index contributed by atoms with van der Waals surface area (Å²) in [5.41, 5.74) is 3.20. The molecule has 0 fully saturated rings. The second-order valence-corrected chi connectivity index (χ2v) is 8.03. The van der Waals surface area contributed by atoms with E-state index in [-0.39, 0.29) is 17.1 Å². The molecule has 1 aromatic heterocycles. The molecule has 0 bridgehead atoms. The maximum Gasteiger partial charge on any atom is 0.339 e. The molecular formula is C25H23N3O4. The zero-order chi connectivity index (χ0) is 22.9. The minimum Gasteiger partial charge on any atom is -0.711 e. The molecular weight excluding hydrogens is 406 g/mol. The van der Waals surface area contributed by atoms with Crippen LogP contribution in [0.4, 0.5) is 5.82 Å². The number of hydrogen-bond acceptors (Lipinski definition) is 5. The second-order valence-electron chi connectivity index (χ2n) is 8.03. The van der Waals surface area contributed by atoms with Gasteiger partial charge in [-0.15, -0.1) is 0 Å². The van der Waals surface area contributed by atoms with E-state index in [1.807, 2.05) is 18.2 Å². The highest BCUT2D eigenvalue weighted by molar-refractivity contribution is 6.10. The molecule has 0 unspecified atom stereocenters. The number of hydrogen-bond donors (Lipinski definition) is 2. The average Bonchev–Trinajstić information content (AvgIpc) is 3.04. The lowest BCUT2D eigenvalue weighted by atomic mass is 9.94. The Bertz CT molecular complexity index is 1230. The molecule has 2 aromatic carbocycles. The number of benzene rings is 2. The monoisotopic (exact) mass is 429 g/mol. The van der Waals surface area contributed by atoms with Crippen molar-refractivity contribution in [3.8, 4) is 5.75 Å². The molecule has 0 radical (unpaired) electrons. The Morgan fingerprint density at radius 2 is 1.78 bits per heavy atom. The molecule has 7 heteroatoms.